The highest BCUT2D eigenvalue weighted by Gasteiger charge is 2.07. The van der Waals surface area contributed by atoms with Gasteiger partial charge in [0.2, 0.25) is 0 Å². The highest BCUT2D eigenvalue weighted by molar-refractivity contribution is 14.1. The van der Waals surface area contributed by atoms with E-state index in [4.69, 9.17) is 10.5 Å². The van der Waals surface area contributed by atoms with Gasteiger partial charge < -0.3 is 10.5 Å². The first-order chi connectivity index (χ1) is 5.70. The molecule has 0 fully saturated rings. The van der Waals surface area contributed by atoms with Crippen molar-refractivity contribution in [1.82, 2.24) is 0 Å². The summed E-state index contributed by atoms with van der Waals surface area (Å²) in [7, 11) is 0. The summed E-state index contributed by atoms with van der Waals surface area (Å²) in [6, 6.07) is 0. The lowest BCUT2D eigenvalue weighted by Crippen LogP contribution is -2.21. The summed E-state index contributed by atoms with van der Waals surface area (Å²) in [5.41, 5.74) is 4.86. The van der Waals surface area contributed by atoms with Crippen LogP contribution in [0, 0.1) is 9.85 Å². The molecule has 0 bridgehead atoms. The Balaban J connectivity index is 3.83. The molecule has 0 spiro atoms. The van der Waals surface area contributed by atoms with E-state index in [-0.39, 0.29) is 6.10 Å². The smallest absolute Gasteiger partial charge is 0.405 e. The van der Waals surface area contributed by atoms with Crippen LogP contribution in [-0.2, 0) is 4.74 Å². The third-order valence-corrected chi connectivity index (χ3v) is 1.61. The quantitative estimate of drug-likeness (QED) is 0.633. The molecule has 0 rings (SSSR count). The first-order valence-electron chi connectivity index (χ1n) is 3.78. The normalized spacial score (nSPS) is 11.2. The van der Waals surface area contributed by atoms with E-state index in [1.807, 2.05) is 22.6 Å². The maximum atomic E-state index is 10.4. The van der Waals surface area contributed by atoms with E-state index in [1.165, 1.54) is 0 Å². The second kappa shape index (κ2) is 7.22. The summed E-state index contributed by atoms with van der Waals surface area (Å²) in [5.74, 6) is 2.76. The molecule has 0 saturated carbocycles. The molecule has 0 radical (unpaired) electrons. The van der Waals surface area contributed by atoms with Crippen molar-refractivity contribution in [3.05, 3.63) is 0 Å². The fourth-order valence-corrected chi connectivity index (χ4v) is 1.10. The van der Waals surface area contributed by atoms with Crippen LogP contribution >= 0.6 is 22.6 Å². The zero-order valence-corrected chi connectivity index (χ0v) is 9.13. The summed E-state index contributed by atoms with van der Waals surface area (Å²) in [4.78, 5) is 10.4. The van der Waals surface area contributed by atoms with Crippen molar-refractivity contribution < 1.29 is 9.53 Å². The minimum absolute atomic E-state index is 0.334. The second-order valence-electron chi connectivity index (χ2n) is 2.31. The van der Waals surface area contributed by atoms with Crippen molar-refractivity contribution in [3.63, 3.8) is 0 Å². The van der Waals surface area contributed by atoms with Crippen LogP contribution in [0.5, 0.6) is 0 Å². The van der Waals surface area contributed by atoms with Gasteiger partial charge in [0, 0.05) is 22.6 Å². The fraction of sp³-hybridized carbons (Fsp3) is 0.625. The Hall–Kier alpha value is -0.440. The Morgan fingerprint density at radius 2 is 2.42 bits per heavy atom. The first kappa shape index (κ1) is 11.6. The molecular formula is C8H12INO2. The molecule has 4 heteroatoms. The van der Waals surface area contributed by atoms with Crippen LogP contribution in [0.25, 0.3) is 0 Å². The number of hydrogen-bond donors (Lipinski definition) is 1. The van der Waals surface area contributed by atoms with Gasteiger partial charge in [-0.3, -0.25) is 0 Å². The summed E-state index contributed by atoms with van der Waals surface area (Å²) in [5, 5.41) is 0. The lowest BCUT2D eigenvalue weighted by atomic mass is 10.2. The number of unbranched alkanes of at least 4 members (excludes halogenated alkanes) is 1. The largest absolute Gasteiger partial charge is 0.433 e. The van der Waals surface area contributed by atoms with Gasteiger partial charge in [-0.15, -0.1) is 0 Å². The zero-order chi connectivity index (χ0) is 9.40. The van der Waals surface area contributed by atoms with Gasteiger partial charge in [-0.05, 0) is 22.7 Å². The molecule has 0 aliphatic rings. The summed E-state index contributed by atoms with van der Waals surface area (Å²) >= 11 is 1.91. The van der Waals surface area contributed by atoms with Crippen LogP contribution < -0.4 is 5.73 Å². The Kier molecular flexibility index (Phi) is 6.96. The zero-order valence-electron chi connectivity index (χ0n) is 6.97. The van der Waals surface area contributed by atoms with E-state index < -0.39 is 6.09 Å². The molecule has 3 nitrogen and oxygen atoms in total. The number of carbonyl (C=O) groups is 1. The van der Waals surface area contributed by atoms with Gasteiger partial charge in [0.25, 0.3) is 0 Å². The Morgan fingerprint density at radius 3 is 2.83 bits per heavy atom. The van der Waals surface area contributed by atoms with Gasteiger partial charge in [-0.25, -0.2) is 4.79 Å². The minimum atomic E-state index is -0.754. The number of carbonyl (C=O) groups excluding carboxylic acids is 1. The van der Waals surface area contributed by atoms with Gasteiger partial charge in [-0.1, -0.05) is 13.3 Å². The van der Waals surface area contributed by atoms with Crippen molar-refractivity contribution in [2.24, 2.45) is 5.73 Å². The molecule has 0 aliphatic heterocycles. The molecule has 0 aromatic rings. The molecule has 1 amide bonds. The van der Waals surface area contributed by atoms with E-state index in [1.54, 1.807) is 0 Å². The number of amides is 1. The van der Waals surface area contributed by atoms with Crippen molar-refractivity contribution >= 4 is 28.7 Å². The number of ether oxygens (including phenoxy) is 1. The van der Waals surface area contributed by atoms with Crippen molar-refractivity contribution in [2.75, 3.05) is 0 Å². The molecule has 0 heterocycles. The number of rotatable bonds is 4. The van der Waals surface area contributed by atoms with Crippen LogP contribution in [0.15, 0.2) is 0 Å². The highest BCUT2D eigenvalue weighted by atomic mass is 127. The lowest BCUT2D eigenvalue weighted by molar-refractivity contribution is 0.128. The monoisotopic (exact) mass is 281 g/mol. The number of halogens is 1. The highest BCUT2D eigenvalue weighted by Crippen LogP contribution is 2.03. The van der Waals surface area contributed by atoms with Crippen LogP contribution in [0.4, 0.5) is 4.79 Å². The van der Waals surface area contributed by atoms with Gasteiger partial charge in [0.1, 0.15) is 0 Å². The van der Waals surface area contributed by atoms with Crippen LogP contribution in [-0.4, -0.2) is 12.2 Å². The Morgan fingerprint density at radius 1 is 1.75 bits per heavy atom. The maximum absolute atomic E-state index is 10.4. The number of primary amides is 1. The van der Waals surface area contributed by atoms with Crippen molar-refractivity contribution in [2.45, 2.75) is 32.3 Å². The Labute approximate surface area is 86.2 Å². The van der Waals surface area contributed by atoms with Crippen molar-refractivity contribution in [3.8, 4) is 9.85 Å². The topological polar surface area (TPSA) is 52.3 Å². The molecule has 12 heavy (non-hydrogen) atoms. The van der Waals surface area contributed by atoms with Crippen molar-refractivity contribution in [1.29, 1.82) is 0 Å². The van der Waals surface area contributed by atoms with E-state index >= 15 is 0 Å². The van der Waals surface area contributed by atoms with Crippen LogP contribution in [0.2, 0.25) is 0 Å². The second-order valence-corrected chi connectivity index (χ2v) is 2.85. The summed E-state index contributed by atoms with van der Waals surface area (Å²) < 4.78 is 7.42. The average Bonchev–Trinajstić information content (AvgIpc) is 2.00. The number of nitrogens with two attached hydrogens (primary N) is 1. The fourth-order valence-electron chi connectivity index (χ4n) is 0.751. The van der Waals surface area contributed by atoms with Crippen LogP contribution in [0.1, 0.15) is 26.2 Å². The minimum Gasteiger partial charge on any atom is -0.433 e. The lowest BCUT2D eigenvalue weighted by Gasteiger charge is -2.08. The molecule has 2 N–H and O–H groups in total. The molecule has 68 valence electrons. The molecule has 0 aromatic heterocycles. The first-order valence-corrected chi connectivity index (χ1v) is 4.85. The predicted octanol–water partition coefficient (Wildman–Crippen LogP) is 2.04. The Bertz CT molecular complexity index is 195. The van der Waals surface area contributed by atoms with Gasteiger partial charge in [0.15, 0.2) is 6.10 Å². The predicted molar refractivity (Wildman–Crippen MR) is 55.8 cm³/mol. The third-order valence-electron chi connectivity index (χ3n) is 1.29. The molecule has 0 aliphatic carbocycles. The van der Waals surface area contributed by atoms with Crippen LogP contribution in [0.3, 0.4) is 0 Å². The van der Waals surface area contributed by atoms with Gasteiger partial charge >= 0.3 is 6.09 Å². The third kappa shape index (κ3) is 6.28. The van der Waals surface area contributed by atoms with Gasteiger partial charge in [-0.2, -0.15) is 0 Å². The van der Waals surface area contributed by atoms with E-state index in [9.17, 15) is 4.79 Å². The number of hydrogen-bond acceptors (Lipinski definition) is 2. The molecule has 0 aromatic carbocycles. The standard InChI is InChI=1S/C8H12INO2/c1-2-3-4-7(5-6-9)12-8(10)11/h7H,2-4H2,1H3,(H2,10,11). The summed E-state index contributed by atoms with van der Waals surface area (Å²) in [6.07, 6.45) is 1.72. The summed E-state index contributed by atoms with van der Waals surface area (Å²) in [6.45, 7) is 2.07. The average molecular weight is 281 g/mol. The molecule has 1 atom stereocenters. The molecular weight excluding hydrogens is 269 g/mol. The molecule has 1 unspecified atom stereocenters. The van der Waals surface area contributed by atoms with E-state index in [2.05, 4.69) is 16.8 Å². The molecule has 0 saturated heterocycles. The van der Waals surface area contributed by atoms with E-state index in [0.29, 0.717) is 0 Å². The maximum Gasteiger partial charge on any atom is 0.405 e. The van der Waals surface area contributed by atoms with Gasteiger partial charge in [0.05, 0.1) is 0 Å². The SMILES string of the molecule is CCCCC(C#CI)OC(N)=O. The van der Waals surface area contributed by atoms with E-state index in [0.717, 1.165) is 19.3 Å².